The third-order valence-electron chi connectivity index (χ3n) is 6.36. The van der Waals surface area contributed by atoms with E-state index in [0.29, 0.717) is 24.3 Å². The zero-order valence-corrected chi connectivity index (χ0v) is 22.2. The molecule has 0 unspecified atom stereocenters. The van der Waals surface area contributed by atoms with Crippen LogP contribution in [0.1, 0.15) is 56.6 Å². The SMILES string of the molecule is CCCCCCCNC(=O)N(C)c1cccc(-c2ccc(CCC(=O)O)cc2OCc2cccc(F)c2)c1. The second-order valence-electron chi connectivity index (χ2n) is 9.40. The highest BCUT2D eigenvalue weighted by Gasteiger charge is 2.14. The van der Waals surface area contributed by atoms with Crippen LogP contribution >= 0.6 is 0 Å². The number of carbonyl (C=O) groups is 2. The number of anilines is 1. The molecule has 2 amide bonds. The molecule has 0 aromatic heterocycles. The molecule has 3 rings (SSSR count). The molecule has 0 aliphatic rings. The minimum atomic E-state index is -0.869. The number of rotatable bonds is 14. The molecule has 0 heterocycles. The smallest absolute Gasteiger partial charge is 0.321 e. The summed E-state index contributed by atoms with van der Waals surface area (Å²) in [6.45, 7) is 2.98. The van der Waals surface area contributed by atoms with Crippen LogP contribution in [0.25, 0.3) is 11.1 Å². The van der Waals surface area contributed by atoms with Gasteiger partial charge < -0.3 is 15.2 Å². The highest BCUT2D eigenvalue weighted by molar-refractivity contribution is 5.92. The van der Waals surface area contributed by atoms with Gasteiger partial charge in [0.05, 0.1) is 0 Å². The van der Waals surface area contributed by atoms with Crippen LogP contribution in [0.2, 0.25) is 0 Å². The summed E-state index contributed by atoms with van der Waals surface area (Å²) in [4.78, 5) is 25.4. The van der Waals surface area contributed by atoms with E-state index in [9.17, 15) is 14.0 Å². The fourth-order valence-electron chi connectivity index (χ4n) is 4.16. The quantitative estimate of drug-likeness (QED) is 0.220. The minimum Gasteiger partial charge on any atom is -0.488 e. The van der Waals surface area contributed by atoms with Gasteiger partial charge >= 0.3 is 12.0 Å². The lowest BCUT2D eigenvalue weighted by atomic mass is 10.00. The van der Waals surface area contributed by atoms with E-state index in [1.807, 2.05) is 42.5 Å². The van der Waals surface area contributed by atoms with E-state index in [1.54, 1.807) is 24.1 Å². The number of halogens is 1. The maximum absolute atomic E-state index is 13.7. The van der Waals surface area contributed by atoms with Gasteiger partial charge in [-0.25, -0.2) is 9.18 Å². The Kier molecular flexibility index (Phi) is 11.1. The van der Waals surface area contributed by atoms with Gasteiger partial charge in [0.2, 0.25) is 0 Å². The van der Waals surface area contributed by atoms with E-state index in [1.165, 1.54) is 31.4 Å². The molecule has 0 saturated carbocycles. The Hall–Kier alpha value is -3.87. The summed E-state index contributed by atoms with van der Waals surface area (Å²) in [5.74, 6) is -0.642. The summed E-state index contributed by atoms with van der Waals surface area (Å²) in [6.07, 6.45) is 6.03. The lowest BCUT2D eigenvalue weighted by Gasteiger charge is -2.20. The Morgan fingerprint density at radius 3 is 2.50 bits per heavy atom. The molecule has 0 spiro atoms. The van der Waals surface area contributed by atoms with E-state index >= 15 is 0 Å². The molecule has 0 aliphatic carbocycles. The number of benzene rings is 3. The summed E-state index contributed by atoms with van der Waals surface area (Å²) >= 11 is 0. The highest BCUT2D eigenvalue weighted by Crippen LogP contribution is 2.34. The van der Waals surface area contributed by atoms with Gasteiger partial charge in [0, 0.05) is 31.3 Å². The van der Waals surface area contributed by atoms with Crippen LogP contribution in [0.3, 0.4) is 0 Å². The lowest BCUT2D eigenvalue weighted by Crippen LogP contribution is -2.37. The van der Waals surface area contributed by atoms with Crippen molar-refractivity contribution in [3.8, 4) is 16.9 Å². The van der Waals surface area contributed by atoms with E-state index in [4.69, 9.17) is 9.84 Å². The first-order valence-corrected chi connectivity index (χ1v) is 13.2. The average Bonchev–Trinajstić information content (AvgIpc) is 2.92. The third-order valence-corrected chi connectivity index (χ3v) is 6.36. The number of aliphatic carboxylic acids is 1. The number of nitrogens with one attached hydrogen (secondary N) is 1. The summed E-state index contributed by atoms with van der Waals surface area (Å²) in [5, 5.41) is 12.1. The predicted octanol–water partition coefficient (Wildman–Crippen LogP) is 7.21. The normalized spacial score (nSPS) is 10.7. The van der Waals surface area contributed by atoms with Crippen molar-refractivity contribution < 1.29 is 23.8 Å². The monoisotopic (exact) mass is 520 g/mol. The number of amides is 2. The number of ether oxygens (including phenoxy) is 1. The number of nitrogens with zero attached hydrogens (tertiary/aromatic N) is 1. The molecule has 2 N–H and O–H groups in total. The molecule has 0 fully saturated rings. The zero-order valence-electron chi connectivity index (χ0n) is 22.2. The van der Waals surface area contributed by atoms with Crippen molar-refractivity contribution in [2.45, 2.75) is 58.5 Å². The van der Waals surface area contributed by atoms with Crippen molar-refractivity contribution in [2.75, 3.05) is 18.5 Å². The topological polar surface area (TPSA) is 78.9 Å². The Morgan fingerprint density at radius 1 is 0.947 bits per heavy atom. The van der Waals surface area contributed by atoms with Gasteiger partial charge in [-0.05, 0) is 59.9 Å². The molecule has 38 heavy (non-hydrogen) atoms. The molecule has 0 aliphatic heterocycles. The molecule has 202 valence electrons. The second kappa shape index (κ2) is 14.8. The van der Waals surface area contributed by atoms with Crippen molar-refractivity contribution in [3.05, 3.63) is 83.7 Å². The first-order chi connectivity index (χ1) is 18.4. The van der Waals surface area contributed by atoms with Crippen molar-refractivity contribution in [1.29, 1.82) is 0 Å². The molecule has 0 atom stereocenters. The molecule has 3 aromatic rings. The fraction of sp³-hybridized carbons (Fsp3) is 0.355. The van der Waals surface area contributed by atoms with Gasteiger partial charge in [0.25, 0.3) is 0 Å². The Morgan fingerprint density at radius 2 is 1.74 bits per heavy atom. The molecule has 0 radical (unpaired) electrons. The van der Waals surface area contributed by atoms with Crippen LogP contribution in [0, 0.1) is 5.82 Å². The number of hydrogen-bond donors (Lipinski definition) is 2. The first-order valence-electron chi connectivity index (χ1n) is 13.2. The van der Waals surface area contributed by atoms with Gasteiger partial charge in [-0.3, -0.25) is 9.69 Å². The number of carboxylic acid groups (broad SMARTS) is 1. The van der Waals surface area contributed by atoms with E-state index in [0.717, 1.165) is 35.2 Å². The summed E-state index contributed by atoms with van der Waals surface area (Å²) in [6, 6.07) is 19.3. The van der Waals surface area contributed by atoms with Gasteiger partial charge in [-0.1, -0.05) is 69.0 Å². The molecule has 0 bridgehead atoms. The van der Waals surface area contributed by atoms with Crippen LogP contribution in [-0.2, 0) is 17.8 Å². The maximum atomic E-state index is 13.7. The standard InChI is InChI=1S/C31H37FN2O4/c1-3-4-5-6-7-18-33-31(37)34(2)27-13-9-11-25(21-27)28-16-14-23(15-17-30(35)36)20-29(28)38-22-24-10-8-12-26(32)19-24/h8-14,16,19-21H,3-7,15,17-18,22H2,1-2H3,(H,33,37)(H,35,36). The molecule has 3 aromatic carbocycles. The van der Waals surface area contributed by atoms with E-state index in [2.05, 4.69) is 12.2 Å². The van der Waals surface area contributed by atoms with Crippen LogP contribution in [0.5, 0.6) is 5.75 Å². The van der Waals surface area contributed by atoms with Gasteiger partial charge in [0.1, 0.15) is 18.2 Å². The number of unbranched alkanes of at least 4 members (excludes halogenated alkanes) is 4. The number of carboxylic acids is 1. The van der Waals surface area contributed by atoms with Crippen LogP contribution in [-0.4, -0.2) is 30.7 Å². The Bertz CT molecular complexity index is 1210. The third kappa shape index (κ3) is 8.91. The minimum absolute atomic E-state index is 0.0106. The van der Waals surface area contributed by atoms with Crippen molar-refractivity contribution in [2.24, 2.45) is 0 Å². The maximum Gasteiger partial charge on any atom is 0.321 e. The van der Waals surface area contributed by atoms with Crippen molar-refractivity contribution in [3.63, 3.8) is 0 Å². The zero-order chi connectivity index (χ0) is 27.3. The molecule has 6 nitrogen and oxygen atoms in total. The first kappa shape index (κ1) is 28.7. The number of carbonyl (C=O) groups excluding carboxylic acids is 1. The van der Waals surface area contributed by atoms with E-state index in [-0.39, 0.29) is 24.9 Å². The Balaban J connectivity index is 1.77. The van der Waals surface area contributed by atoms with Crippen molar-refractivity contribution >= 4 is 17.7 Å². The van der Waals surface area contributed by atoms with Crippen LogP contribution in [0.4, 0.5) is 14.9 Å². The van der Waals surface area contributed by atoms with E-state index < -0.39 is 5.97 Å². The lowest BCUT2D eigenvalue weighted by molar-refractivity contribution is -0.136. The summed E-state index contributed by atoms with van der Waals surface area (Å²) < 4.78 is 19.8. The Labute approximate surface area is 224 Å². The highest BCUT2D eigenvalue weighted by atomic mass is 19.1. The fourth-order valence-corrected chi connectivity index (χ4v) is 4.16. The second-order valence-corrected chi connectivity index (χ2v) is 9.40. The van der Waals surface area contributed by atoms with Crippen LogP contribution in [0.15, 0.2) is 66.7 Å². The van der Waals surface area contributed by atoms with Gasteiger partial charge in [0.15, 0.2) is 0 Å². The summed E-state index contributed by atoms with van der Waals surface area (Å²) in [5.41, 5.74) is 3.90. The predicted molar refractivity (Wildman–Crippen MR) is 149 cm³/mol. The number of urea groups is 1. The molecule has 0 saturated heterocycles. The van der Waals surface area contributed by atoms with Gasteiger partial charge in [-0.15, -0.1) is 0 Å². The van der Waals surface area contributed by atoms with Crippen molar-refractivity contribution in [1.82, 2.24) is 5.32 Å². The molecular weight excluding hydrogens is 483 g/mol. The van der Waals surface area contributed by atoms with Gasteiger partial charge in [-0.2, -0.15) is 0 Å². The average molecular weight is 521 g/mol. The molecular formula is C31H37FN2O4. The largest absolute Gasteiger partial charge is 0.488 e. The summed E-state index contributed by atoms with van der Waals surface area (Å²) in [7, 11) is 1.74. The number of hydrogen-bond acceptors (Lipinski definition) is 3. The number of aryl methyl sites for hydroxylation is 1. The molecule has 7 heteroatoms. The van der Waals surface area contributed by atoms with Crippen LogP contribution < -0.4 is 15.0 Å².